The molecule has 1 aromatic carbocycles. The summed E-state index contributed by atoms with van der Waals surface area (Å²) in [7, 11) is 3.26. The summed E-state index contributed by atoms with van der Waals surface area (Å²) in [6, 6.07) is 5.80. The molecule has 0 fully saturated rings. The number of benzene rings is 1. The van der Waals surface area contributed by atoms with Gasteiger partial charge in [0.1, 0.15) is 0 Å². The summed E-state index contributed by atoms with van der Waals surface area (Å²) in [5.74, 6) is 1.48. The molecule has 0 radical (unpaired) electrons. The van der Waals surface area contributed by atoms with Crippen molar-refractivity contribution in [2.75, 3.05) is 27.4 Å². The molecule has 0 N–H and O–H groups in total. The summed E-state index contributed by atoms with van der Waals surface area (Å²) >= 11 is 0. The van der Waals surface area contributed by atoms with Crippen LogP contribution in [-0.2, 0) is 4.74 Å². The Kier molecular flexibility index (Phi) is 5.43. The van der Waals surface area contributed by atoms with Crippen molar-refractivity contribution in [3.63, 3.8) is 0 Å². The van der Waals surface area contributed by atoms with Gasteiger partial charge in [0.05, 0.1) is 20.8 Å². The summed E-state index contributed by atoms with van der Waals surface area (Å²) in [4.78, 5) is 0. The highest BCUT2D eigenvalue weighted by Gasteiger charge is 2.02. The van der Waals surface area contributed by atoms with E-state index in [0.29, 0.717) is 6.61 Å². The SMILES string of the molecule is CCOC/C=C/c1ccc(OC)c(OC)c1. The van der Waals surface area contributed by atoms with E-state index < -0.39 is 0 Å². The predicted molar refractivity (Wildman–Crippen MR) is 65.1 cm³/mol. The van der Waals surface area contributed by atoms with Crippen molar-refractivity contribution in [3.8, 4) is 11.5 Å². The summed E-state index contributed by atoms with van der Waals surface area (Å²) in [5.41, 5.74) is 1.07. The normalized spacial score (nSPS) is 10.7. The van der Waals surface area contributed by atoms with E-state index >= 15 is 0 Å². The molecule has 0 aliphatic heterocycles. The number of methoxy groups -OCH3 is 2. The van der Waals surface area contributed by atoms with Gasteiger partial charge < -0.3 is 14.2 Å². The Hall–Kier alpha value is -1.48. The molecule has 0 aromatic heterocycles. The zero-order valence-electron chi connectivity index (χ0n) is 10.0. The first-order chi connectivity index (χ1) is 7.81. The van der Waals surface area contributed by atoms with E-state index in [2.05, 4.69) is 0 Å². The zero-order chi connectivity index (χ0) is 11.8. The fourth-order valence-electron chi connectivity index (χ4n) is 1.33. The topological polar surface area (TPSA) is 27.7 Å². The molecule has 0 amide bonds. The largest absolute Gasteiger partial charge is 0.493 e. The molecule has 1 aromatic rings. The summed E-state index contributed by atoms with van der Waals surface area (Å²) in [5, 5.41) is 0. The van der Waals surface area contributed by atoms with Crippen LogP contribution in [0.15, 0.2) is 24.3 Å². The number of ether oxygens (including phenoxy) is 3. The Labute approximate surface area is 96.6 Å². The lowest BCUT2D eigenvalue weighted by molar-refractivity contribution is 0.178. The minimum atomic E-state index is 0.630. The molecular formula is C13H18O3. The minimum absolute atomic E-state index is 0.630. The predicted octanol–water partition coefficient (Wildman–Crippen LogP) is 2.75. The lowest BCUT2D eigenvalue weighted by atomic mass is 10.2. The van der Waals surface area contributed by atoms with Crippen LogP contribution in [0.4, 0.5) is 0 Å². The monoisotopic (exact) mass is 222 g/mol. The van der Waals surface area contributed by atoms with Gasteiger partial charge in [0, 0.05) is 6.61 Å². The van der Waals surface area contributed by atoms with E-state index in [0.717, 1.165) is 23.7 Å². The molecule has 0 spiro atoms. The van der Waals surface area contributed by atoms with E-state index in [-0.39, 0.29) is 0 Å². The van der Waals surface area contributed by atoms with Gasteiger partial charge in [-0.2, -0.15) is 0 Å². The average Bonchev–Trinajstić information content (AvgIpc) is 2.34. The molecule has 0 aliphatic rings. The van der Waals surface area contributed by atoms with Gasteiger partial charge in [0.2, 0.25) is 0 Å². The maximum Gasteiger partial charge on any atom is 0.161 e. The standard InChI is InChI=1S/C13H18O3/c1-4-16-9-5-6-11-7-8-12(14-2)13(10-11)15-3/h5-8,10H,4,9H2,1-3H3/b6-5+. The van der Waals surface area contributed by atoms with Crippen LogP contribution in [0.25, 0.3) is 6.08 Å². The van der Waals surface area contributed by atoms with Crippen LogP contribution in [0, 0.1) is 0 Å². The summed E-state index contributed by atoms with van der Waals surface area (Å²) < 4.78 is 15.6. The number of hydrogen-bond donors (Lipinski definition) is 0. The van der Waals surface area contributed by atoms with Crippen LogP contribution in [-0.4, -0.2) is 27.4 Å². The molecule has 0 heterocycles. The third-order valence-corrected chi connectivity index (χ3v) is 2.14. The second kappa shape index (κ2) is 6.90. The van der Waals surface area contributed by atoms with Gasteiger partial charge in [-0.15, -0.1) is 0 Å². The third kappa shape index (κ3) is 3.59. The second-order valence-corrected chi connectivity index (χ2v) is 3.18. The van der Waals surface area contributed by atoms with Gasteiger partial charge >= 0.3 is 0 Å². The fraction of sp³-hybridized carbons (Fsp3) is 0.385. The quantitative estimate of drug-likeness (QED) is 0.693. The van der Waals surface area contributed by atoms with Gasteiger partial charge in [0.25, 0.3) is 0 Å². The highest BCUT2D eigenvalue weighted by Crippen LogP contribution is 2.27. The Balaban J connectivity index is 2.71. The van der Waals surface area contributed by atoms with Crippen molar-refractivity contribution in [3.05, 3.63) is 29.8 Å². The first kappa shape index (κ1) is 12.6. The van der Waals surface area contributed by atoms with E-state index in [1.165, 1.54) is 0 Å². The highest BCUT2D eigenvalue weighted by molar-refractivity contribution is 5.55. The smallest absolute Gasteiger partial charge is 0.161 e. The van der Waals surface area contributed by atoms with Crippen molar-refractivity contribution in [2.45, 2.75) is 6.92 Å². The van der Waals surface area contributed by atoms with Gasteiger partial charge in [-0.1, -0.05) is 18.2 Å². The van der Waals surface area contributed by atoms with Crippen LogP contribution in [0.3, 0.4) is 0 Å². The van der Waals surface area contributed by atoms with Gasteiger partial charge in [-0.25, -0.2) is 0 Å². The maximum absolute atomic E-state index is 5.21. The molecular weight excluding hydrogens is 204 g/mol. The Morgan fingerprint density at radius 3 is 2.50 bits per heavy atom. The van der Waals surface area contributed by atoms with E-state index in [4.69, 9.17) is 14.2 Å². The van der Waals surface area contributed by atoms with E-state index in [9.17, 15) is 0 Å². The molecule has 0 aliphatic carbocycles. The first-order valence-corrected chi connectivity index (χ1v) is 5.28. The Morgan fingerprint density at radius 2 is 1.88 bits per heavy atom. The summed E-state index contributed by atoms with van der Waals surface area (Å²) in [6.07, 6.45) is 3.97. The average molecular weight is 222 g/mol. The van der Waals surface area contributed by atoms with E-state index in [1.54, 1.807) is 14.2 Å². The van der Waals surface area contributed by atoms with Gasteiger partial charge in [0.15, 0.2) is 11.5 Å². The van der Waals surface area contributed by atoms with Crippen molar-refractivity contribution in [1.82, 2.24) is 0 Å². The molecule has 3 heteroatoms. The van der Waals surface area contributed by atoms with Gasteiger partial charge in [-0.3, -0.25) is 0 Å². The summed E-state index contributed by atoms with van der Waals surface area (Å²) in [6.45, 7) is 3.34. The van der Waals surface area contributed by atoms with Crippen LogP contribution < -0.4 is 9.47 Å². The van der Waals surface area contributed by atoms with E-state index in [1.807, 2.05) is 37.3 Å². The lowest BCUT2D eigenvalue weighted by Gasteiger charge is -2.07. The lowest BCUT2D eigenvalue weighted by Crippen LogP contribution is -1.91. The maximum atomic E-state index is 5.21. The minimum Gasteiger partial charge on any atom is -0.493 e. The molecule has 3 nitrogen and oxygen atoms in total. The van der Waals surface area contributed by atoms with Crippen LogP contribution in [0.1, 0.15) is 12.5 Å². The molecule has 16 heavy (non-hydrogen) atoms. The molecule has 0 unspecified atom stereocenters. The molecule has 88 valence electrons. The first-order valence-electron chi connectivity index (χ1n) is 5.28. The Bertz CT molecular complexity index is 345. The molecule has 0 saturated carbocycles. The van der Waals surface area contributed by atoms with Crippen LogP contribution >= 0.6 is 0 Å². The molecule has 1 rings (SSSR count). The van der Waals surface area contributed by atoms with Crippen molar-refractivity contribution in [1.29, 1.82) is 0 Å². The molecule has 0 atom stereocenters. The van der Waals surface area contributed by atoms with Crippen molar-refractivity contribution < 1.29 is 14.2 Å². The van der Waals surface area contributed by atoms with Gasteiger partial charge in [-0.05, 0) is 24.6 Å². The van der Waals surface area contributed by atoms with Crippen molar-refractivity contribution >= 4 is 6.08 Å². The fourth-order valence-corrected chi connectivity index (χ4v) is 1.33. The van der Waals surface area contributed by atoms with Crippen molar-refractivity contribution in [2.24, 2.45) is 0 Å². The molecule has 0 bridgehead atoms. The number of rotatable bonds is 6. The number of hydrogen-bond acceptors (Lipinski definition) is 3. The molecule has 0 saturated heterocycles. The van der Waals surface area contributed by atoms with Crippen LogP contribution in [0.5, 0.6) is 11.5 Å². The van der Waals surface area contributed by atoms with Crippen LogP contribution in [0.2, 0.25) is 0 Å². The zero-order valence-corrected chi connectivity index (χ0v) is 10.0. The third-order valence-electron chi connectivity index (χ3n) is 2.14. The highest BCUT2D eigenvalue weighted by atomic mass is 16.5. The Morgan fingerprint density at radius 1 is 1.12 bits per heavy atom. The second-order valence-electron chi connectivity index (χ2n) is 3.18.